The number of hydrogen-bond donors (Lipinski definition) is 1. The first-order chi connectivity index (χ1) is 7.68. The molecule has 0 aromatic heterocycles. The molecule has 1 atom stereocenters. The molecular formula is C12H17ClN2O. The van der Waals surface area contributed by atoms with Gasteiger partial charge in [0, 0.05) is 29.8 Å². The number of rotatable bonds is 2. The van der Waals surface area contributed by atoms with Crippen LogP contribution in [0.25, 0.3) is 0 Å². The lowest BCUT2D eigenvalue weighted by molar-refractivity contribution is 0.122. The molecule has 1 unspecified atom stereocenters. The number of benzene rings is 1. The van der Waals surface area contributed by atoms with Crippen molar-refractivity contribution in [1.29, 1.82) is 0 Å². The highest BCUT2D eigenvalue weighted by Crippen LogP contribution is 2.28. The Bertz CT molecular complexity index is 362. The highest BCUT2D eigenvalue weighted by atomic mass is 35.5. The summed E-state index contributed by atoms with van der Waals surface area (Å²) >= 11 is 6.00. The van der Waals surface area contributed by atoms with Gasteiger partial charge < -0.3 is 15.4 Å². The summed E-state index contributed by atoms with van der Waals surface area (Å²) in [4.78, 5) is 2.30. The first-order valence-corrected chi connectivity index (χ1v) is 5.94. The van der Waals surface area contributed by atoms with E-state index in [1.807, 2.05) is 25.1 Å². The Labute approximate surface area is 101 Å². The van der Waals surface area contributed by atoms with Gasteiger partial charge in [0.05, 0.1) is 13.2 Å². The zero-order valence-corrected chi connectivity index (χ0v) is 10.2. The summed E-state index contributed by atoms with van der Waals surface area (Å²) in [5, 5.41) is 0.740. The van der Waals surface area contributed by atoms with Gasteiger partial charge in [0.25, 0.3) is 0 Å². The minimum absolute atomic E-state index is 0.00320. The van der Waals surface area contributed by atoms with Crippen molar-refractivity contribution in [1.82, 2.24) is 0 Å². The maximum Gasteiger partial charge on any atom is 0.0642 e. The Hall–Kier alpha value is -0.770. The molecule has 2 N–H and O–H groups in total. The number of halogens is 1. The van der Waals surface area contributed by atoms with E-state index in [2.05, 4.69) is 4.90 Å². The van der Waals surface area contributed by atoms with E-state index in [0.29, 0.717) is 0 Å². The fourth-order valence-electron chi connectivity index (χ4n) is 1.98. The number of morpholine rings is 1. The lowest BCUT2D eigenvalue weighted by Crippen LogP contribution is -2.37. The lowest BCUT2D eigenvalue weighted by atomic mass is 10.1. The first-order valence-electron chi connectivity index (χ1n) is 5.56. The molecular weight excluding hydrogens is 224 g/mol. The van der Waals surface area contributed by atoms with Crippen molar-refractivity contribution in [3.05, 3.63) is 28.8 Å². The van der Waals surface area contributed by atoms with Crippen molar-refractivity contribution in [2.24, 2.45) is 5.73 Å². The van der Waals surface area contributed by atoms with Crippen LogP contribution >= 0.6 is 11.6 Å². The number of anilines is 1. The normalized spacial score (nSPS) is 18.6. The largest absolute Gasteiger partial charge is 0.378 e. The van der Waals surface area contributed by atoms with Gasteiger partial charge in [-0.2, -0.15) is 0 Å². The monoisotopic (exact) mass is 240 g/mol. The van der Waals surface area contributed by atoms with Crippen molar-refractivity contribution in [3.63, 3.8) is 0 Å². The molecule has 1 fully saturated rings. The molecule has 1 aliphatic rings. The Morgan fingerprint density at radius 2 is 2.06 bits per heavy atom. The van der Waals surface area contributed by atoms with E-state index in [9.17, 15) is 0 Å². The minimum Gasteiger partial charge on any atom is -0.378 e. The van der Waals surface area contributed by atoms with Crippen LogP contribution < -0.4 is 10.6 Å². The zero-order chi connectivity index (χ0) is 11.5. The molecule has 0 bridgehead atoms. The molecule has 0 radical (unpaired) electrons. The Morgan fingerprint density at radius 3 is 2.69 bits per heavy atom. The van der Waals surface area contributed by atoms with Crippen molar-refractivity contribution in [2.75, 3.05) is 31.2 Å². The van der Waals surface area contributed by atoms with Crippen LogP contribution in [-0.2, 0) is 4.74 Å². The fourth-order valence-corrected chi connectivity index (χ4v) is 2.16. The lowest BCUT2D eigenvalue weighted by Gasteiger charge is -2.31. The summed E-state index contributed by atoms with van der Waals surface area (Å²) in [5.74, 6) is 0. The molecule has 1 aromatic carbocycles. The molecule has 1 aromatic rings. The molecule has 88 valence electrons. The molecule has 1 aliphatic heterocycles. The zero-order valence-electron chi connectivity index (χ0n) is 9.45. The van der Waals surface area contributed by atoms with Crippen LogP contribution in [0.5, 0.6) is 0 Å². The average molecular weight is 241 g/mol. The maximum atomic E-state index is 6.00. The highest BCUT2D eigenvalue weighted by molar-refractivity contribution is 6.30. The van der Waals surface area contributed by atoms with E-state index < -0.39 is 0 Å². The van der Waals surface area contributed by atoms with Crippen molar-refractivity contribution >= 4 is 17.3 Å². The predicted octanol–water partition coefficient (Wildman–Crippen LogP) is 2.20. The van der Waals surface area contributed by atoms with E-state index in [1.54, 1.807) is 0 Å². The molecule has 4 heteroatoms. The van der Waals surface area contributed by atoms with Crippen molar-refractivity contribution in [3.8, 4) is 0 Å². The van der Waals surface area contributed by atoms with Crippen molar-refractivity contribution < 1.29 is 4.74 Å². The molecule has 0 saturated carbocycles. The molecule has 2 rings (SSSR count). The summed E-state index contributed by atoms with van der Waals surface area (Å²) in [5.41, 5.74) is 8.26. The van der Waals surface area contributed by atoms with Crippen LogP contribution in [0.15, 0.2) is 18.2 Å². The quantitative estimate of drug-likeness (QED) is 0.861. The summed E-state index contributed by atoms with van der Waals surface area (Å²) < 4.78 is 5.35. The van der Waals surface area contributed by atoms with Crippen LogP contribution in [0, 0.1) is 0 Å². The standard InChI is InChI=1S/C12H17ClN2O/c1-9(14)11-8-10(13)2-3-12(11)15-4-6-16-7-5-15/h2-3,8-9H,4-7,14H2,1H3. The molecule has 0 aliphatic carbocycles. The van der Waals surface area contributed by atoms with E-state index >= 15 is 0 Å². The van der Waals surface area contributed by atoms with Gasteiger partial charge >= 0.3 is 0 Å². The highest BCUT2D eigenvalue weighted by Gasteiger charge is 2.16. The minimum atomic E-state index is -0.00320. The van der Waals surface area contributed by atoms with E-state index in [0.717, 1.165) is 36.9 Å². The van der Waals surface area contributed by atoms with Gasteiger partial charge in [0.1, 0.15) is 0 Å². The van der Waals surface area contributed by atoms with Crippen molar-refractivity contribution in [2.45, 2.75) is 13.0 Å². The third-order valence-electron chi connectivity index (χ3n) is 2.83. The van der Waals surface area contributed by atoms with Crippen LogP contribution in [0.3, 0.4) is 0 Å². The van der Waals surface area contributed by atoms with Gasteiger partial charge in [-0.25, -0.2) is 0 Å². The Morgan fingerprint density at radius 1 is 1.38 bits per heavy atom. The number of hydrogen-bond acceptors (Lipinski definition) is 3. The molecule has 3 nitrogen and oxygen atoms in total. The molecule has 1 heterocycles. The second kappa shape index (κ2) is 5.04. The third kappa shape index (κ3) is 2.48. The van der Waals surface area contributed by atoms with Crippen LogP contribution in [0.4, 0.5) is 5.69 Å². The predicted molar refractivity (Wildman–Crippen MR) is 67.1 cm³/mol. The SMILES string of the molecule is CC(N)c1cc(Cl)ccc1N1CCOCC1. The Balaban J connectivity index is 2.31. The van der Waals surface area contributed by atoms with Crippen LogP contribution in [-0.4, -0.2) is 26.3 Å². The summed E-state index contributed by atoms with van der Waals surface area (Å²) in [6.07, 6.45) is 0. The number of nitrogens with zero attached hydrogens (tertiary/aromatic N) is 1. The average Bonchev–Trinajstić information content (AvgIpc) is 2.30. The maximum absolute atomic E-state index is 6.00. The fraction of sp³-hybridized carbons (Fsp3) is 0.500. The van der Waals surface area contributed by atoms with Gasteiger partial charge in [0.15, 0.2) is 0 Å². The Kier molecular flexibility index (Phi) is 3.69. The molecule has 1 saturated heterocycles. The second-order valence-corrected chi connectivity index (χ2v) is 4.53. The van der Waals surface area contributed by atoms with E-state index in [-0.39, 0.29) is 6.04 Å². The van der Waals surface area contributed by atoms with Crippen LogP contribution in [0.1, 0.15) is 18.5 Å². The van der Waals surface area contributed by atoms with E-state index in [4.69, 9.17) is 22.1 Å². The smallest absolute Gasteiger partial charge is 0.0642 e. The summed E-state index contributed by atoms with van der Waals surface area (Å²) in [6, 6.07) is 5.92. The first kappa shape index (κ1) is 11.7. The second-order valence-electron chi connectivity index (χ2n) is 4.09. The van der Waals surface area contributed by atoms with Gasteiger partial charge in [0.2, 0.25) is 0 Å². The summed E-state index contributed by atoms with van der Waals surface area (Å²) in [7, 11) is 0. The number of ether oxygens (including phenoxy) is 1. The van der Waals surface area contributed by atoms with Gasteiger partial charge in [-0.15, -0.1) is 0 Å². The van der Waals surface area contributed by atoms with Crippen LogP contribution in [0.2, 0.25) is 5.02 Å². The van der Waals surface area contributed by atoms with Gasteiger partial charge in [-0.1, -0.05) is 11.6 Å². The molecule has 0 spiro atoms. The molecule has 0 amide bonds. The topological polar surface area (TPSA) is 38.5 Å². The number of nitrogens with two attached hydrogens (primary N) is 1. The van der Waals surface area contributed by atoms with E-state index in [1.165, 1.54) is 5.69 Å². The van der Waals surface area contributed by atoms with Gasteiger partial charge in [-0.05, 0) is 30.7 Å². The van der Waals surface area contributed by atoms with Gasteiger partial charge in [-0.3, -0.25) is 0 Å². The summed E-state index contributed by atoms with van der Waals surface area (Å²) in [6.45, 7) is 5.38. The third-order valence-corrected chi connectivity index (χ3v) is 3.07. The molecule has 16 heavy (non-hydrogen) atoms.